The first-order valence-corrected chi connectivity index (χ1v) is 7.29. The second kappa shape index (κ2) is 8.37. The van der Waals surface area contributed by atoms with Crippen LogP contribution in [-0.2, 0) is 0 Å². The zero-order valence-electron chi connectivity index (χ0n) is 11.5. The van der Waals surface area contributed by atoms with Crippen molar-refractivity contribution in [2.24, 2.45) is 0 Å². The van der Waals surface area contributed by atoms with Crippen LogP contribution in [0.25, 0.3) is 0 Å². The molecule has 1 aliphatic heterocycles. The van der Waals surface area contributed by atoms with Crippen LogP contribution in [0.2, 0.25) is 0 Å². The van der Waals surface area contributed by atoms with Gasteiger partial charge in [0.15, 0.2) is 0 Å². The normalized spacial score (nSPS) is 18.6. The summed E-state index contributed by atoms with van der Waals surface area (Å²) in [7, 11) is 0. The fourth-order valence-corrected chi connectivity index (χ4v) is 2.35. The van der Waals surface area contributed by atoms with Crippen molar-refractivity contribution in [2.75, 3.05) is 13.1 Å². The molecule has 3 nitrogen and oxygen atoms in total. The standard InChI is InChI=1S/C14H28N2O/c1-3-4-7-10-13(2)15-14(17)16-11-8-5-6-9-12-16/h13H,3-12H2,1-2H3,(H,15,17)/t13-/m0/s1. The van der Waals surface area contributed by atoms with Crippen LogP contribution in [0, 0.1) is 0 Å². The molecule has 100 valence electrons. The molecule has 17 heavy (non-hydrogen) atoms. The van der Waals surface area contributed by atoms with Crippen molar-refractivity contribution in [3.8, 4) is 0 Å². The van der Waals surface area contributed by atoms with E-state index in [1.807, 2.05) is 4.90 Å². The van der Waals surface area contributed by atoms with Crippen LogP contribution in [0.4, 0.5) is 4.79 Å². The molecule has 1 saturated heterocycles. The first-order chi connectivity index (χ1) is 8.24. The maximum absolute atomic E-state index is 12.0. The first kappa shape index (κ1) is 14.3. The number of likely N-dealkylation sites (tertiary alicyclic amines) is 1. The summed E-state index contributed by atoms with van der Waals surface area (Å²) in [5.74, 6) is 0. The SMILES string of the molecule is CCCCC[C@H](C)NC(=O)N1CCCCCC1. The van der Waals surface area contributed by atoms with Crippen molar-refractivity contribution >= 4 is 6.03 Å². The van der Waals surface area contributed by atoms with Gasteiger partial charge in [-0.15, -0.1) is 0 Å². The van der Waals surface area contributed by atoms with Crippen LogP contribution >= 0.6 is 0 Å². The Bertz CT molecular complexity index is 210. The van der Waals surface area contributed by atoms with Crippen molar-refractivity contribution in [2.45, 2.75) is 71.3 Å². The molecule has 0 saturated carbocycles. The van der Waals surface area contributed by atoms with E-state index in [0.717, 1.165) is 32.4 Å². The minimum absolute atomic E-state index is 0.149. The third-order valence-corrected chi connectivity index (χ3v) is 3.50. The van der Waals surface area contributed by atoms with Gasteiger partial charge in [-0.3, -0.25) is 0 Å². The highest BCUT2D eigenvalue weighted by atomic mass is 16.2. The van der Waals surface area contributed by atoms with E-state index in [-0.39, 0.29) is 6.03 Å². The number of nitrogens with zero attached hydrogens (tertiary/aromatic N) is 1. The predicted octanol–water partition coefficient (Wildman–Crippen LogP) is 3.54. The van der Waals surface area contributed by atoms with E-state index in [9.17, 15) is 4.79 Å². The van der Waals surface area contributed by atoms with Gasteiger partial charge < -0.3 is 10.2 Å². The first-order valence-electron chi connectivity index (χ1n) is 7.29. The third kappa shape index (κ3) is 5.94. The predicted molar refractivity (Wildman–Crippen MR) is 72.2 cm³/mol. The summed E-state index contributed by atoms with van der Waals surface area (Å²) in [6.07, 6.45) is 9.71. The summed E-state index contributed by atoms with van der Waals surface area (Å²) < 4.78 is 0. The maximum atomic E-state index is 12.0. The number of carbonyl (C=O) groups is 1. The van der Waals surface area contributed by atoms with Gasteiger partial charge in [0, 0.05) is 19.1 Å². The monoisotopic (exact) mass is 240 g/mol. The number of hydrogen-bond donors (Lipinski definition) is 1. The quantitative estimate of drug-likeness (QED) is 0.732. The molecule has 0 aromatic heterocycles. The van der Waals surface area contributed by atoms with E-state index < -0.39 is 0 Å². The Hall–Kier alpha value is -0.730. The Morgan fingerprint density at radius 2 is 1.82 bits per heavy atom. The highest BCUT2D eigenvalue weighted by molar-refractivity contribution is 5.74. The lowest BCUT2D eigenvalue weighted by molar-refractivity contribution is 0.195. The van der Waals surface area contributed by atoms with Crippen LogP contribution in [0.15, 0.2) is 0 Å². The molecule has 0 bridgehead atoms. The molecule has 1 N–H and O–H groups in total. The van der Waals surface area contributed by atoms with Gasteiger partial charge in [0.25, 0.3) is 0 Å². The highest BCUT2D eigenvalue weighted by Crippen LogP contribution is 2.10. The van der Waals surface area contributed by atoms with E-state index in [0.29, 0.717) is 6.04 Å². The molecule has 0 aliphatic carbocycles. The molecule has 2 amide bonds. The van der Waals surface area contributed by atoms with Crippen LogP contribution in [0.5, 0.6) is 0 Å². The molecule has 0 radical (unpaired) electrons. The topological polar surface area (TPSA) is 32.3 Å². The number of carbonyl (C=O) groups excluding carboxylic acids is 1. The Morgan fingerprint density at radius 3 is 2.41 bits per heavy atom. The van der Waals surface area contributed by atoms with Crippen molar-refractivity contribution in [3.05, 3.63) is 0 Å². The zero-order chi connectivity index (χ0) is 12.5. The van der Waals surface area contributed by atoms with Crippen molar-refractivity contribution < 1.29 is 4.79 Å². The van der Waals surface area contributed by atoms with Crippen LogP contribution in [-0.4, -0.2) is 30.1 Å². The largest absolute Gasteiger partial charge is 0.336 e. The average molecular weight is 240 g/mol. The smallest absolute Gasteiger partial charge is 0.317 e. The molecule has 1 fully saturated rings. The van der Waals surface area contributed by atoms with Crippen LogP contribution < -0.4 is 5.32 Å². The van der Waals surface area contributed by atoms with Gasteiger partial charge in [0.2, 0.25) is 0 Å². The summed E-state index contributed by atoms with van der Waals surface area (Å²) in [5, 5.41) is 3.12. The molecule has 0 spiro atoms. The Morgan fingerprint density at radius 1 is 1.18 bits per heavy atom. The number of hydrogen-bond acceptors (Lipinski definition) is 1. The van der Waals surface area contributed by atoms with Gasteiger partial charge in [0.1, 0.15) is 0 Å². The lowest BCUT2D eigenvalue weighted by Crippen LogP contribution is -2.44. The lowest BCUT2D eigenvalue weighted by atomic mass is 10.1. The summed E-state index contributed by atoms with van der Waals surface area (Å²) in [6.45, 7) is 6.20. The number of amides is 2. The van der Waals surface area contributed by atoms with E-state index >= 15 is 0 Å². The lowest BCUT2D eigenvalue weighted by Gasteiger charge is -2.23. The molecule has 1 heterocycles. The molecule has 0 aromatic carbocycles. The average Bonchev–Trinajstić information content (AvgIpc) is 2.57. The molecule has 0 aromatic rings. The summed E-state index contributed by atoms with van der Waals surface area (Å²) in [6, 6.07) is 0.466. The summed E-state index contributed by atoms with van der Waals surface area (Å²) >= 11 is 0. The van der Waals surface area contributed by atoms with E-state index in [4.69, 9.17) is 0 Å². The Labute approximate surface area is 106 Å². The molecule has 1 atom stereocenters. The summed E-state index contributed by atoms with van der Waals surface area (Å²) in [5.41, 5.74) is 0. The Balaban J connectivity index is 2.21. The van der Waals surface area contributed by atoms with Gasteiger partial charge in [-0.2, -0.15) is 0 Å². The molecular weight excluding hydrogens is 212 g/mol. The second-order valence-electron chi connectivity index (χ2n) is 5.25. The van der Waals surface area contributed by atoms with Crippen LogP contribution in [0.1, 0.15) is 65.2 Å². The van der Waals surface area contributed by atoms with Gasteiger partial charge >= 0.3 is 6.03 Å². The van der Waals surface area contributed by atoms with Crippen molar-refractivity contribution in [1.82, 2.24) is 10.2 Å². The minimum atomic E-state index is 0.149. The van der Waals surface area contributed by atoms with Gasteiger partial charge in [0.05, 0.1) is 0 Å². The van der Waals surface area contributed by atoms with Crippen molar-refractivity contribution in [1.29, 1.82) is 0 Å². The summed E-state index contributed by atoms with van der Waals surface area (Å²) in [4.78, 5) is 14.0. The zero-order valence-corrected chi connectivity index (χ0v) is 11.5. The van der Waals surface area contributed by atoms with E-state index in [1.165, 1.54) is 32.1 Å². The maximum Gasteiger partial charge on any atom is 0.317 e. The number of rotatable bonds is 5. The van der Waals surface area contributed by atoms with Gasteiger partial charge in [-0.25, -0.2) is 4.79 Å². The second-order valence-corrected chi connectivity index (χ2v) is 5.25. The number of unbranched alkanes of at least 4 members (excludes halogenated alkanes) is 2. The van der Waals surface area contributed by atoms with Gasteiger partial charge in [-0.1, -0.05) is 39.0 Å². The molecule has 1 aliphatic rings. The van der Waals surface area contributed by atoms with Crippen LogP contribution in [0.3, 0.4) is 0 Å². The number of urea groups is 1. The minimum Gasteiger partial charge on any atom is -0.336 e. The number of nitrogens with one attached hydrogen (secondary N) is 1. The van der Waals surface area contributed by atoms with Gasteiger partial charge in [-0.05, 0) is 26.2 Å². The van der Waals surface area contributed by atoms with E-state index in [1.54, 1.807) is 0 Å². The van der Waals surface area contributed by atoms with E-state index in [2.05, 4.69) is 19.2 Å². The fourth-order valence-electron chi connectivity index (χ4n) is 2.35. The van der Waals surface area contributed by atoms with Crippen molar-refractivity contribution in [3.63, 3.8) is 0 Å². The molecule has 0 unspecified atom stereocenters. The fraction of sp³-hybridized carbons (Fsp3) is 0.929. The molecular formula is C14H28N2O. The highest BCUT2D eigenvalue weighted by Gasteiger charge is 2.16. The molecule has 1 rings (SSSR count). The molecule has 3 heteroatoms. The Kier molecular flexibility index (Phi) is 7.06. The third-order valence-electron chi connectivity index (χ3n) is 3.50.